The van der Waals surface area contributed by atoms with Crippen LogP contribution in [-0.4, -0.2) is 10.3 Å². The number of hydrogen-bond acceptors (Lipinski definition) is 3. The van der Waals surface area contributed by atoms with Gasteiger partial charge in [0.1, 0.15) is 0 Å². The molecule has 0 aliphatic heterocycles. The minimum Gasteiger partial charge on any atom is -0.358 e. The minimum absolute atomic E-state index is 0. The van der Waals surface area contributed by atoms with Gasteiger partial charge >= 0.3 is 21.1 Å². The molecule has 0 saturated carbocycles. The molecule has 44 valence electrons. The molecule has 0 unspecified atom stereocenters. The van der Waals surface area contributed by atoms with E-state index in [4.69, 9.17) is 0 Å². The molecule has 1 aromatic rings. The van der Waals surface area contributed by atoms with E-state index < -0.39 is 0 Å². The summed E-state index contributed by atoms with van der Waals surface area (Å²) in [5.41, 5.74) is 0.690. The number of nitrogens with zero attached hydrogens (tertiary/aromatic N) is 2. The van der Waals surface area contributed by atoms with Crippen molar-refractivity contribution in [3.05, 3.63) is 19.3 Å². The predicted octanol–water partition coefficient (Wildman–Crippen LogP) is 0.626. The van der Waals surface area contributed by atoms with Crippen LogP contribution in [0.4, 0.5) is 0 Å². The van der Waals surface area contributed by atoms with Crippen molar-refractivity contribution in [2.24, 2.45) is 0 Å². The topological polar surface area (TPSA) is 38.9 Å². The fourth-order valence-electron chi connectivity index (χ4n) is 0.189. The van der Waals surface area contributed by atoms with E-state index in [9.17, 15) is 0 Å². The van der Waals surface area contributed by atoms with Crippen LogP contribution in [0.3, 0.4) is 0 Å². The van der Waals surface area contributed by atoms with Gasteiger partial charge in [-0.3, -0.25) is 16.0 Å². The van der Waals surface area contributed by atoms with Gasteiger partial charge in [0, 0.05) is 0 Å². The van der Waals surface area contributed by atoms with Crippen molar-refractivity contribution < 1.29 is 25.7 Å². The molecule has 0 radical (unpaired) electrons. The molecule has 0 saturated heterocycles. The van der Waals surface area contributed by atoms with Gasteiger partial charge in [-0.1, -0.05) is 17.8 Å². The molecule has 3 nitrogen and oxygen atoms in total. The normalized spacial score (nSPS) is 6.62. The second-order valence-electron chi connectivity index (χ2n) is 0.961. The second kappa shape index (κ2) is 4.97. The van der Waals surface area contributed by atoms with E-state index >= 15 is 0 Å². The first-order valence-corrected chi connectivity index (χ1v) is 1.56. The van der Waals surface area contributed by atoms with Gasteiger partial charge in [-0.15, -0.1) is 0 Å². The van der Waals surface area contributed by atoms with Gasteiger partial charge in [0.2, 0.25) is 0 Å². The third-order valence-corrected chi connectivity index (χ3v) is 0.426. The molecule has 1 heterocycles. The summed E-state index contributed by atoms with van der Waals surface area (Å²) in [6, 6.07) is 0. The summed E-state index contributed by atoms with van der Waals surface area (Å²) >= 11 is 0. The molecule has 0 aromatic carbocycles. The number of hydrogen-bond donors (Lipinski definition) is 0. The molecule has 0 atom stereocenters. The summed E-state index contributed by atoms with van der Waals surface area (Å²) in [4.78, 5) is 0. The molecule has 0 aliphatic carbocycles. The Kier molecular flexibility index (Phi) is 6.68. The van der Waals surface area contributed by atoms with E-state index in [1.165, 1.54) is 0 Å². The molecular formula is C4H6N2OW. The maximum absolute atomic E-state index is 4.16. The zero-order chi connectivity index (χ0) is 4.41. The van der Waals surface area contributed by atoms with E-state index in [0.29, 0.717) is 5.69 Å². The average Bonchev–Trinajstić information content (AvgIpc) is 1.86. The van der Waals surface area contributed by atoms with Crippen molar-refractivity contribution in [1.29, 1.82) is 0 Å². The van der Waals surface area contributed by atoms with Crippen molar-refractivity contribution in [1.82, 2.24) is 10.3 Å². The first-order chi connectivity index (χ1) is 2.89. The Morgan fingerprint density at radius 1 is 1.62 bits per heavy atom. The zero-order valence-corrected chi connectivity index (χ0v) is 7.64. The van der Waals surface area contributed by atoms with Crippen molar-refractivity contribution in [3.63, 3.8) is 0 Å². The summed E-state index contributed by atoms with van der Waals surface area (Å²) in [5.74, 6) is 0. The van der Waals surface area contributed by atoms with Gasteiger partial charge in [0.25, 0.3) is 0 Å². The molecule has 1 aromatic heterocycles. The molecular weight excluding hydrogens is 276 g/mol. The minimum atomic E-state index is 0. The van der Waals surface area contributed by atoms with Crippen LogP contribution in [0.1, 0.15) is 5.69 Å². The number of aromatic nitrogens is 2. The van der Waals surface area contributed by atoms with Crippen LogP contribution < -0.4 is 0 Å². The fourth-order valence-corrected chi connectivity index (χ4v) is 0.189. The molecule has 0 bridgehead atoms. The van der Waals surface area contributed by atoms with Crippen LogP contribution >= 0.6 is 0 Å². The van der Waals surface area contributed by atoms with Crippen LogP contribution in [0, 0.1) is 20.5 Å². The molecule has 0 aliphatic rings. The summed E-state index contributed by atoms with van der Waals surface area (Å²) in [6.07, 6.45) is 2.47. The molecule has 0 amide bonds. The maximum Gasteiger partial charge on any atom is 2.00 e. The average molecular weight is 282 g/mol. The molecule has 1 rings (SSSR count). The summed E-state index contributed by atoms with van der Waals surface area (Å²) in [7, 11) is 0. The summed E-state index contributed by atoms with van der Waals surface area (Å²) < 4.78 is 4.16. The van der Waals surface area contributed by atoms with E-state index in [2.05, 4.69) is 21.1 Å². The monoisotopic (exact) mass is 282 g/mol. The zero-order valence-electron chi connectivity index (χ0n) is 4.71. The van der Waals surface area contributed by atoms with Crippen LogP contribution in [0.2, 0.25) is 0 Å². The van der Waals surface area contributed by atoms with Crippen molar-refractivity contribution in [3.8, 4) is 0 Å². The third kappa shape index (κ3) is 2.91. The Morgan fingerprint density at radius 2 is 2.25 bits per heavy atom. The standard InChI is InChI=1S/C3H3N2O.CH3.W/c1-3-2-4-6-5-3;;/h1H3;1H3;/q2*-1;+2. The van der Waals surface area contributed by atoms with E-state index in [1.807, 2.05) is 0 Å². The Bertz CT molecular complexity index is 118. The summed E-state index contributed by atoms with van der Waals surface area (Å²) in [6.45, 7) is 1.76. The number of aryl methyl sites for hydroxylation is 1. The van der Waals surface area contributed by atoms with Crippen LogP contribution in [-0.2, 0) is 21.1 Å². The third-order valence-electron chi connectivity index (χ3n) is 0.426. The van der Waals surface area contributed by atoms with Crippen LogP contribution in [0.5, 0.6) is 0 Å². The quantitative estimate of drug-likeness (QED) is 0.655. The van der Waals surface area contributed by atoms with Crippen LogP contribution in [0.15, 0.2) is 4.63 Å². The summed E-state index contributed by atoms with van der Waals surface area (Å²) in [5, 5.41) is 6.59. The van der Waals surface area contributed by atoms with Gasteiger partial charge in [-0.2, -0.15) is 0 Å². The SMILES string of the molecule is Cc1[c-]non1.[CH3-].[W+2]. The second-order valence-corrected chi connectivity index (χ2v) is 0.961. The first kappa shape index (κ1) is 10.7. The van der Waals surface area contributed by atoms with Gasteiger partial charge in [0.05, 0.1) is 0 Å². The molecule has 0 fully saturated rings. The molecule has 0 spiro atoms. The van der Waals surface area contributed by atoms with Gasteiger partial charge in [-0.25, -0.2) is 0 Å². The van der Waals surface area contributed by atoms with Gasteiger partial charge in [0.15, 0.2) is 0 Å². The number of rotatable bonds is 0. The van der Waals surface area contributed by atoms with E-state index in [-0.39, 0.29) is 28.5 Å². The Hall–Kier alpha value is -0.172. The fraction of sp³-hybridized carbons (Fsp3) is 0.250. The Morgan fingerprint density at radius 3 is 2.38 bits per heavy atom. The van der Waals surface area contributed by atoms with Gasteiger partial charge in [-0.05, 0) is 0 Å². The van der Waals surface area contributed by atoms with E-state index in [1.54, 1.807) is 6.92 Å². The van der Waals surface area contributed by atoms with Crippen LogP contribution in [0.25, 0.3) is 0 Å². The van der Waals surface area contributed by atoms with Crippen molar-refractivity contribution in [2.45, 2.75) is 6.92 Å². The Labute approximate surface area is 62.7 Å². The first-order valence-electron chi connectivity index (χ1n) is 1.56. The van der Waals surface area contributed by atoms with Crippen molar-refractivity contribution >= 4 is 0 Å². The van der Waals surface area contributed by atoms with E-state index in [0.717, 1.165) is 0 Å². The molecule has 8 heavy (non-hydrogen) atoms. The maximum atomic E-state index is 4.16. The smallest absolute Gasteiger partial charge is 0.358 e. The van der Waals surface area contributed by atoms with Crippen molar-refractivity contribution in [2.75, 3.05) is 0 Å². The molecule has 0 N–H and O–H groups in total. The predicted molar refractivity (Wildman–Crippen MR) is 24.3 cm³/mol. The largest absolute Gasteiger partial charge is 2.00 e. The van der Waals surface area contributed by atoms with Gasteiger partial charge < -0.3 is 7.43 Å². The Balaban J connectivity index is 0. The molecule has 4 heteroatoms.